The summed E-state index contributed by atoms with van der Waals surface area (Å²) in [6.07, 6.45) is 0.168. The number of benzene rings is 1. The number of nitrogens with one attached hydrogen (secondary N) is 1. The molecule has 6 heteroatoms. The minimum atomic E-state index is -0.540. The first-order chi connectivity index (χ1) is 9.40. The molecule has 0 saturated heterocycles. The number of anilines is 1. The number of hydrogen-bond donors (Lipinski definition) is 3. The monoisotopic (exact) mass is 279 g/mol. The highest BCUT2D eigenvalue weighted by Crippen LogP contribution is 2.16. The van der Waals surface area contributed by atoms with Crippen LogP contribution in [0.15, 0.2) is 24.3 Å². The van der Waals surface area contributed by atoms with Crippen molar-refractivity contribution in [1.29, 1.82) is 0 Å². The van der Waals surface area contributed by atoms with Gasteiger partial charge in [-0.25, -0.2) is 0 Å². The van der Waals surface area contributed by atoms with Gasteiger partial charge in [-0.05, 0) is 30.2 Å². The summed E-state index contributed by atoms with van der Waals surface area (Å²) in [6, 6.07) is 6.30. The maximum absolute atomic E-state index is 11.8. The fourth-order valence-corrected chi connectivity index (χ4v) is 1.43. The van der Waals surface area contributed by atoms with Crippen LogP contribution in [0.2, 0.25) is 0 Å². The number of amides is 2. The quantitative estimate of drug-likeness (QED) is 0.688. The van der Waals surface area contributed by atoms with Gasteiger partial charge in [0.15, 0.2) is 0 Å². The Bertz CT molecular complexity index is 457. The van der Waals surface area contributed by atoms with Gasteiger partial charge in [0, 0.05) is 5.69 Å². The van der Waals surface area contributed by atoms with Crippen molar-refractivity contribution in [2.45, 2.75) is 26.3 Å². The number of carbonyl (C=O) groups excluding carboxylic acids is 2. The van der Waals surface area contributed by atoms with Crippen LogP contribution in [0.1, 0.15) is 20.3 Å². The molecule has 1 rings (SSSR count). The van der Waals surface area contributed by atoms with Crippen molar-refractivity contribution in [3.05, 3.63) is 24.3 Å². The molecule has 0 aliphatic heterocycles. The summed E-state index contributed by atoms with van der Waals surface area (Å²) in [7, 11) is 0. The van der Waals surface area contributed by atoms with E-state index in [0.29, 0.717) is 11.4 Å². The highest BCUT2D eigenvalue weighted by molar-refractivity contribution is 5.94. The molecule has 0 saturated carbocycles. The van der Waals surface area contributed by atoms with Gasteiger partial charge in [-0.2, -0.15) is 0 Å². The predicted octanol–water partition coefficient (Wildman–Crippen LogP) is 0.863. The van der Waals surface area contributed by atoms with Crippen LogP contribution in [0.4, 0.5) is 5.69 Å². The van der Waals surface area contributed by atoms with Crippen molar-refractivity contribution < 1.29 is 14.3 Å². The number of nitrogens with two attached hydrogens (primary N) is 2. The Hall–Kier alpha value is -2.08. The lowest BCUT2D eigenvalue weighted by Gasteiger charge is -2.15. The zero-order valence-electron chi connectivity index (χ0n) is 11.8. The Morgan fingerprint density at radius 1 is 1.25 bits per heavy atom. The highest BCUT2D eigenvalue weighted by atomic mass is 16.5. The van der Waals surface area contributed by atoms with Crippen LogP contribution in [0.3, 0.4) is 0 Å². The molecule has 1 aromatic carbocycles. The Morgan fingerprint density at radius 3 is 2.35 bits per heavy atom. The first-order valence-electron chi connectivity index (χ1n) is 6.47. The van der Waals surface area contributed by atoms with Crippen LogP contribution in [0.5, 0.6) is 5.75 Å². The third kappa shape index (κ3) is 5.27. The molecule has 0 unspecified atom stereocenters. The van der Waals surface area contributed by atoms with Gasteiger partial charge in [-0.15, -0.1) is 0 Å². The number of carbonyl (C=O) groups is 2. The Balaban J connectivity index is 2.50. The molecule has 0 fully saturated rings. The van der Waals surface area contributed by atoms with Crippen molar-refractivity contribution >= 4 is 17.5 Å². The standard InChI is InChI=1S/C14H21N3O3/c1-9(2)13(16)14(19)17-10-3-5-11(6-4-10)20-8-7-12(15)18/h3-6,9,13H,7-8,16H2,1-2H3,(H2,15,18)(H,17,19)/t13-/m1/s1. The SMILES string of the molecule is CC(C)[C@@H](N)C(=O)Nc1ccc(OCCC(N)=O)cc1. The lowest BCUT2D eigenvalue weighted by atomic mass is 10.1. The molecular weight excluding hydrogens is 258 g/mol. The van der Waals surface area contributed by atoms with Crippen molar-refractivity contribution in [2.24, 2.45) is 17.4 Å². The molecule has 110 valence electrons. The summed E-state index contributed by atoms with van der Waals surface area (Å²) < 4.78 is 5.32. The van der Waals surface area contributed by atoms with E-state index in [1.165, 1.54) is 0 Å². The smallest absolute Gasteiger partial charge is 0.241 e. The van der Waals surface area contributed by atoms with Gasteiger partial charge in [-0.3, -0.25) is 9.59 Å². The van der Waals surface area contributed by atoms with Crippen molar-refractivity contribution in [1.82, 2.24) is 0 Å². The van der Waals surface area contributed by atoms with Crippen LogP contribution in [0, 0.1) is 5.92 Å². The fourth-order valence-electron chi connectivity index (χ4n) is 1.43. The maximum Gasteiger partial charge on any atom is 0.241 e. The van der Waals surface area contributed by atoms with E-state index in [1.807, 2.05) is 13.8 Å². The van der Waals surface area contributed by atoms with Crippen LogP contribution < -0.4 is 21.5 Å². The zero-order chi connectivity index (χ0) is 15.1. The van der Waals surface area contributed by atoms with Gasteiger partial charge < -0.3 is 21.5 Å². The average molecular weight is 279 g/mol. The van der Waals surface area contributed by atoms with Crippen molar-refractivity contribution in [3.8, 4) is 5.75 Å². The number of primary amides is 1. The van der Waals surface area contributed by atoms with E-state index in [-0.39, 0.29) is 24.9 Å². The Kier molecular flexibility index (Phi) is 5.99. The molecule has 0 heterocycles. The van der Waals surface area contributed by atoms with Crippen molar-refractivity contribution in [3.63, 3.8) is 0 Å². The van der Waals surface area contributed by atoms with E-state index in [2.05, 4.69) is 5.32 Å². The van der Waals surface area contributed by atoms with Gasteiger partial charge in [-0.1, -0.05) is 13.8 Å². The van der Waals surface area contributed by atoms with E-state index < -0.39 is 11.9 Å². The second-order valence-corrected chi connectivity index (χ2v) is 4.85. The van der Waals surface area contributed by atoms with Crippen LogP contribution in [-0.2, 0) is 9.59 Å². The molecule has 1 aromatic rings. The third-order valence-electron chi connectivity index (χ3n) is 2.76. The van der Waals surface area contributed by atoms with Crippen LogP contribution in [0.25, 0.3) is 0 Å². The molecule has 20 heavy (non-hydrogen) atoms. The summed E-state index contributed by atoms with van der Waals surface area (Å²) in [5.41, 5.74) is 11.4. The largest absolute Gasteiger partial charge is 0.493 e. The second-order valence-electron chi connectivity index (χ2n) is 4.85. The van der Waals surface area contributed by atoms with Gasteiger partial charge in [0.25, 0.3) is 0 Å². The Morgan fingerprint density at radius 2 is 1.85 bits per heavy atom. The van der Waals surface area contributed by atoms with Crippen LogP contribution >= 0.6 is 0 Å². The molecule has 0 aliphatic carbocycles. The summed E-state index contributed by atoms with van der Waals surface area (Å²) in [4.78, 5) is 22.3. The van der Waals surface area contributed by atoms with Gasteiger partial charge in [0.2, 0.25) is 11.8 Å². The van der Waals surface area contributed by atoms with E-state index in [4.69, 9.17) is 16.2 Å². The topological polar surface area (TPSA) is 107 Å². The molecule has 6 nitrogen and oxygen atoms in total. The van der Waals surface area contributed by atoms with Crippen LogP contribution in [-0.4, -0.2) is 24.5 Å². The van der Waals surface area contributed by atoms with E-state index in [1.54, 1.807) is 24.3 Å². The Labute approximate surface area is 118 Å². The minimum Gasteiger partial charge on any atom is -0.493 e. The first-order valence-corrected chi connectivity index (χ1v) is 6.47. The zero-order valence-corrected chi connectivity index (χ0v) is 11.8. The lowest BCUT2D eigenvalue weighted by Crippen LogP contribution is -2.39. The van der Waals surface area contributed by atoms with E-state index >= 15 is 0 Å². The third-order valence-corrected chi connectivity index (χ3v) is 2.76. The number of hydrogen-bond acceptors (Lipinski definition) is 4. The number of ether oxygens (including phenoxy) is 1. The molecule has 0 bridgehead atoms. The number of rotatable bonds is 7. The first kappa shape index (κ1) is 16.0. The highest BCUT2D eigenvalue weighted by Gasteiger charge is 2.16. The van der Waals surface area contributed by atoms with E-state index in [0.717, 1.165) is 0 Å². The van der Waals surface area contributed by atoms with Gasteiger partial charge >= 0.3 is 0 Å². The van der Waals surface area contributed by atoms with Crippen molar-refractivity contribution in [2.75, 3.05) is 11.9 Å². The molecule has 0 spiro atoms. The summed E-state index contributed by atoms with van der Waals surface area (Å²) in [5.74, 6) is 0.0581. The molecule has 0 aromatic heterocycles. The second kappa shape index (κ2) is 7.49. The molecule has 0 radical (unpaired) electrons. The summed E-state index contributed by atoms with van der Waals surface area (Å²) in [5, 5.41) is 2.73. The maximum atomic E-state index is 11.8. The van der Waals surface area contributed by atoms with Gasteiger partial charge in [0.1, 0.15) is 5.75 Å². The normalized spacial score (nSPS) is 12.0. The molecular formula is C14H21N3O3. The van der Waals surface area contributed by atoms with Gasteiger partial charge in [0.05, 0.1) is 19.1 Å². The average Bonchev–Trinajstić information content (AvgIpc) is 2.39. The predicted molar refractivity (Wildman–Crippen MR) is 77.2 cm³/mol. The molecule has 0 aliphatic rings. The summed E-state index contributed by atoms with van der Waals surface area (Å²) in [6.45, 7) is 4.01. The molecule has 1 atom stereocenters. The molecule has 2 amide bonds. The lowest BCUT2D eigenvalue weighted by molar-refractivity contribution is -0.119. The fraction of sp³-hybridized carbons (Fsp3) is 0.429. The van der Waals surface area contributed by atoms with E-state index in [9.17, 15) is 9.59 Å². The summed E-state index contributed by atoms with van der Waals surface area (Å²) >= 11 is 0. The molecule has 5 N–H and O–H groups in total. The minimum absolute atomic E-state index is 0.0754.